The molecule has 0 aliphatic rings. The molecule has 1 aromatic carbocycles. The molecule has 12 heteroatoms. The highest BCUT2D eigenvalue weighted by molar-refractivity contribution is 7.89. The highest BCUT2D eigenvalue weighted by Crippen LogP contribution is 2.29. The molecule has 0 aliphatic carbocycles. The Labute approximate surface area is 183 Å². The number of nitrogens with zero attached hydrogens (tertiary/aromatic N) is 5. The van der Waals surface area contributed by atoms with Crippen LogP contribution in [0, 0.1) is 6.92 Å². The lowest BCUT2D eigenvalue weighted by Gasteiger charge is -2.16. The largest absolute Gasteiger partial charge is 0.351 e. The first-order chi connectivity index (χ1) is 15.1. The third kappa shape index (κ3) is 4.38. The van der Waals surface area contributed by atoms with Crippen LogP contribution in [0.5, 0.6) is 0 Å². The Kier molecular flexibility index (Phi) is 6.67. The summed E-state index contributed by atoms with van der Waals surface area (Å²) in [6, 6.07) is 8.22. The quantitative estimate of drug-likeness (QED) is 0.570. The van der Waals surface area contributed by atoms with Crippen LogP contribution in [-0.4, -0.2) is 52.7 Å². The third-order valence-corrected chi connectivity index (χ3v) is 6.70. The summed E-state index contributed by atoms with van der Waals surface area (Å²) >= 11 is 0. The van der Waals surface area contributed by atoms with Crippen molar-refractivity contribution in [1.29, 1.82) is 0 Å². The molecule has 0 fully saturated rings. The number of aryl methyl sites for hydroxylation is 1. The van der Waals surface area contributed by atoms with Crippen LogP contribution in [0.15, 0.2) is 64.2 Å². The standard InChI is InChI=1S/C20H22F2N6O3S/c1-13-8-14(16-6-4-5-7-17(16)32(30,31)26(2)3)10-24-19(13)27-12-25-28(20(27)29)11-15(9-23)18(21)22/h4-8,10,12H,9,11,23H2,1-3H3. The number of hydrogen-bond acceptors (Lipinski definition) is 6. The number of hydrogen-bond donors (Lipinski definition) is 1. The fourth-order valence-electron chi connectivity index (χ4n) is 3.07. The zero-order valence-electron chi connectivity index (χ0n) is 17.7. The van der Waals surface area contributed by atoms with Crippen LogP contribution in [0.4, 0.5) is 8.78 Å². The van der Waals surface area contributed by atoms with E-state index in [2.05, 4.69) is 10.1 Å². The van der Waals surface area contributed by atoms with E-state index in [-0.39, 0.29) is 10.7 Å². The van der Waals surface area contributed by atoms with Gasteiger partial charge in [0, 0.05) is 43.5 Å². The van der Waals surface area contributed by atoms with E-state index in [4.69, 9.17) is 5.73 Å². The molecular weight excluding hydrogens is 442 g/mol. The zero-order valence-corrected chi connectivity index (χ0v) is 18.5. The molecule has 3 rings (SSSR count). The molecule has 2 heterocycles. The maximum Gasteiger partial charge on any atom is 0.351 e. The van der Waals surface area contributed by atoms with E-state index in [1.54, 1.807) is 31.2 Å². The minimum absolute atomic E-state index is 0.123. The van der Waals surface area contributed by atoms with E-state index in [0.717, 1.165) is 13.6 Å². The summed E-state index contributed by atoms with van der Waals surface area (Å²) in [4.78, 5) is 17.1. The molecule has 170 valence electrons. The summed E-state index contributed by atoms with van der Waals surface area (Å²) in [5, 5.41) is 3.87. The van der Waals surface area contributed by atoms with Crippen molar-refractivity contribution in [2.75, 3.05) is 20.6 Å². The Balaban J connectivity index is 2.04. The molecule has 3 aromatic rings. The maximum absolute atomic E-state index is 12.9. The van der Waals surface area contributed by atoms with Crippen LogP contribution in [0.3, 0.4) is 0 Å². The molecule has 2 N–H and O–H groups in total. The van der Waals surface area contributed by atoms with Crippen LogP contribution in [0.25, 0.3) is 16.9 Å². The van der Waals surface area contributed by atoms with Crippen LogP contribution in [0.1, 0.15) is 5.56 Å². The van der Waals surface area contributed by atoms with Crippen molar-refractivity contribution >= 4 is 10.0 Å². The average Bonchev–Trinajstić information content (AvgIpc) is 3.11. The Morgan fingerprint density at radius 2 is 1.91 bits per heavy atom. The predicted molar refractivity (Wildman–Crippen MR) is 115 cm³/mol. The van der Waals surface area contributed by atoms with Gasteiger partial charge in [-0.1, -0.05) is 18.2 Å². The van der Waals surface area contributed by atoms with Gasteiger partial charge < -0.3 is 5.73 Å². The Morgan fingerprint density at radius 3 is 2.50 bits per heavy atom. The van der Waals surface area contributed by atoms with Crippen LogP contribution in [0.2, 0.25) is 0 Å². The highest BCUT2D eigenvalue weighted by atomic mass is 32.2. The summed E-state index contributed by atoms with van der Waals surface area (Å²) < 4.78 is 54.3. The molecule has 0 amide bonds. The molecule has 0 aliphatic heterocycles. The number of rotatable bonds is 7. The normalized spacial score (nSPS) is 11.7. The van der Waals surface area contributed by atoms with E-state index in [1.807, 2.05) is 0 Å². The number of benzene rings is 1. The van der Waals surface area contributed by atoms with Crippen molar-refractivity contribution in [3.05, 3.63) is 70.6 Å². The van der Waals surface area contributed by atoms with Gasteiger partial charge >= 0.3 is 5.69 Å². The van der Waals surface area contributed by atoms with Gasteiger partial charge in [0.05, 0.1) is 11.4 Å². The molecule has 9 nitrogen and oxygen atoms in total. The second-order valence-corrected chi connectivity index (χ2v) is 9.28. The van der Waals surface area contributed by atoms with Crippen molar-refractivity contribution in [2.24, 2.45) is 5.73 Å². The van der Waals surface area contributed by atoms with Crippen molar-refractivity contribution < 1.29 is 17.2 Å². The fourth-order valence-corrected chi connectivity index (χ4v) is 4.17. The van der Waals surface area contributed by atoms with E-state index >= 15 is 0 Å². The van der Waals surface area contributed by atoms with E-state index in [1.165, 1.54) is 32.7 Å². The molecule has 2 aromatic heterocycles. The molecule has 0 atom stereocenters. The van der Waals surface area contributed by atoms with Gasteiger partial charge in [0.25, 0.3) is 6.08 Å². The van der Waals surface area contributed by atoms with Gasteiger partial charge in [0.15, 0.2) is 0 Å². The minimum atomic E-state index is -3.69. The second kappa shape index (κ2) is 9.10. The first-order valence-corrected chi connectivity index (χ1v) is 10.9. The topological polar surface area (TPSA) is 116 Å². The SMILES string of the molecule is Cc1cc(-c2ccccc2S(=O)(=O)N(C)C)cnc1-n1cnn(CC(CN)=C(F)F)c1=O. The van der Waals surface area contributed by atoms with Gasteiger partial charge in [0.2, 0.25) is 10.0 Å². The van der Waals surface area contributed by atoms with Crippen LogP contribution >= 0.6 is 0 Å². The minimum Gasteiger partial charge on any atom is -0.327 e. The summed E-state index contributed by atoms with van der Waals surface area (Å²) in [7, 11) is -0.800. The van der Waals surface area contributed by atoms with Crippen molar-refractivity contribution in [3.63, 3.8) is 0 Å². The first-order valence-electron chi connectivity index (χ1n) is 9.44. The lowest BCUT2D eigenvalue weighted by Crippen LogP contribution is -2.27. The van der Waals surface area contributed by atoms with Crippen molar-refractivity contribution in [1.82, 2.24) is 23.6 Å². The van der Waals surface area contributed by atoms with Gasteiger partial charge in [-0.15, -0.1) is 0 Å². The molecule has 0 saturated carbocycles. The van der Waals surface area contributed by atoms with Crippen molar-refractivity contribution in [2.45, 2.75) is 18.4 Å². The van der Waals surface area contributed by atoms with Crippen LogP contribution < -0.4 is 11.4 Å². The van der Waals surface area contributed by atoms with E-state index < -0.39 is 40.5 Å². The van der Waals surface area contributed by atoms with Gasteiger partial charge in [0.1, 0.15) is 12.1 Å². The molecule has 0 radical (unpaired) electrons. The number of halogens is 2. The molecule has 0 unspecified atom stereocenters. The van der Waals surface area contributed by atoms with Crippen LogP contribution in [-0.2, 0) is 16.6 Å². The van der Waals surface area contributed by atoms with Gasteiger partial charge in [-0.05, 0) is 24.6 Å². The number of pyridine rings is 1. The first kappa shape index (κ1) is 23.4. The summed E-state index contributed by atoms with van der Waals surface area (Å²) in [6.07, 6.45) is 0.688. The van der Waals surface area contributed by atoms with Crippen molar-refractivity contribution in [3.8, 4) is 16.9 Å². The lowest BCUT2D eigenvalue weighted by molar-refractivity contribution is 0.400. The Bertz CT molecular complexity index is 1340. The molecule has 0 bridgehead atoms. The second-order valence-electron chi connectivity index (χ2n) is 7.16. The Hall–Kier alpha value is -3.22. The monoisotopic (exact) mass is 464 g/mol. The van der Waals surface area contributed by atoms with Gasteiger partial charge in [-0.25, -0.2) is 31.8 Å². The average molecular weight is 464 g/mol. The van der Waals surface area contributed by atoms with Gasteiger partial charge in [-0.2, -0.15) is 13.9 Å². The maximum atomic E-state index is 12.9. The summed E-state index contributed by atoms with van der Waals surface area (Å²) in [5.74, 6) is 0.247. The lowest BCUT2D eigenvalue weighted by atomic mass is 10.1. The third-order valence-electron chi connectivity index (χ3n) is 4.82. The number of sulfonamides is 1. The fraction of sp³-hybridized carbons (Fsp3) is 0.250. The Morgan fingerprint density at radius 1 is 1.22 bits per heavy atom. The highest BCUT2D eigenvalue weighted by Gasteiger charge is 2.22. The van der Waals surface area contributed by atoms with E-state index in [0.29, 0.717) is 16.7 Å². The molecular formula is C20H22F2N6O3S. The number of aromatic nitrogens is 4. The molecule has 0 spiro atoms. The zero-order chi connectivity index (χ0) is 23.6. The molecule has 0 saturated heterocycles. The molecule has 32 heavy (non-hydrogen) atoms. The number of nitrogens with two attached hydrogens (primary N) is 1. The van der Waals surface area contributed by atoms with E-state index in [9.17, 15) is 22.0 Å². The smallest absolute Gasteiger partial charge is 0.327 e. The van der Waals surface area contributed by atoms with Gasteiger partial charge in [-0.3, -0.25) is 0 Å². The predicted octanol–water partition coefficient (Wildman–Crippen LogP) is 1.76. The summed E-state index contributed by atoms with van der Waals surface area (Å²) in [5.41, 5.74) is 5.82. The summed E-state index contributed by atoms with van der Waals surface area (Å²) in [6.45, 7) is 0.867.